The quantitative estimate of drug-likeness (QED) is 0.787. The van der Waals surface area contributed by atoms with Crippen LogP contribution in [0.15, 0.2) is 53.7 Å². The molecule has 2 heterocycles. The molecule has 0 unspecified atom stereocenters. The monoisotopic (exact) mass is 361 g/mol. The summed E-state index contributed by atoms with van der Waals surface area (Å²) in [7, 11) is -3.45. The van der Waals surface area contributed by atoms with Crippen molar-refractivity contribution in [2.75, 3.05) is 32.8 Å². The number of hydrogen-bond acceptors (Lipinski definition) is 5. The number of piperazine rings is 1. The van der Waals surface area contributed by atoms with Gasteiger partial charge in [-0.15, -0.1) is 0 Å². The fourth-order valence-corrected chi connectivity index (χ4v) is 4.32. The molecule has 1 fully saturated rings. The molecule has 7 heteroatoms. The molecular weight excluding hydrogens is 338 g/mol. The van der Waals surface area contributed by atoms with Crippen LogP contribution < -0.4 is 4.74 Å². The Balaban J connectivity index is 1.61. The van der Waals surface area contributed by atoms with E-state index < -0.39 is 10.0 Å². The number of benzene rings is 1. The second-order valence-corrected chi connectivity index (χ2v) is 7.88. The molecule has 2 aromatic rings. The summed E-state index contributed by atoms with van der Waals surface area (Å²) >= 11 is 0. The fourth-order valence-electron chi connectivity index (χ4n) is 2.90. The normalized spacial score (nSPS) is 16.7. The third-order valence-corrected chi connectivity index (χ3v) is 6.15. The summed E-state index contributed by atoms with van der Waals surface area (Å²) in [6.45, 7) is 5.67. The van der Waals surface area contributed by atoms with E-state index in [0.29, 0.717) is 43.4 Å². The van der Waals surface area contributed by atoms with E-state index in [9.17, 15) is 8.42 Å². The average molecular weight is 361 g/mol. The number of ether oxygens (including phenoxy) is 1. The Labute approximate surface area is 149 Å². The van der Waals surface area contributed by atoms with E-state index in [-0.39, 0.29) is 0 Å². The average Bonchev–Trinajstić information content (AvgIpc) is 2.64. The molecule has 1 aliphatic rings. The molecule has 0 atom stereocenters. The summed E-state index contributed by atoms with van der Waals surface area (Å²) in [6.07, 6.45) is 3.61. The number of pyridine rings is 1. The summed E-state index contributed by atoms with van der Waals surface area (Å²) in [6, 6.07) is 10.6. The van der Waals surface area contributed by atoms with E-state index in [4.69, 9.17) is 4.74 Å². The van der Waals surface area contributed by atoms with Crippen LogP contribution in [0.3, 0.4) is 0 Å². The lowest BCUT2D eigenvalue weighted by Crippen LogP contribution is -2.48. The van der Waals surface area contributed by atoms with Crippen LogP contribution in [0.25, 0.3) is 0 Å². The molecule has 0 saturated carbocycles. The van der Waals surface area contributed by atoms with E-state index >= 15 is 0 Å². The lowest BCUT2D eigenvalue weighted by atomic mass is 10.2. The molecule has 0 amide bonds. The zero-order valence-corrected chi connectivity index (χ0v) is 15.2. The van der Waals surface area contributed by atoms with Gasteiger partial charge in [-0.2, -0.15) is 4.31 Å². The number of nitrogens with zero attached hydrogens (tertiary/aromatic N) is 3. The highest BCUT2D eigenvalue weighted by Gasteiger charge is 2.28. The second-order valence-electron chi connectivity index (χ2n) is 5.95. The maximum atomic E-state index is 12.8. The van der Waals surface area contributed by atoms with Crippen LogP contribution in [-0.2, 0) is 16.6 Å². The Morgan fingerprint density at radius 3 is 2.40 bits per heavy atom. The molecule has 0 spiro atoms. The Kier molecular flexibility index (Phi) is 5.67. The SMILES string of the molecule is CCOc1ccc(S(=O)(=O)N2CCN(Cc3cccnc3)CC2)cc1. The zero-order valence-electron chi connectivity index (χ0n) is 14.3. The minimum atomic E-state index is -3.45. The third kappa shape index (κ3) is 4.36. The van der Waals surface area contributed by atoms with Crippen LogP contribution in [0.4, 0.5) is 0 Å². The van der Waals surface area contributed by atoms with Crippen LogP contribution in [0.1, 0.15) is 12.5 Å². The highest BCUT2D eigenvalue weighted by Crippen LogP contribution is 2.21. The number of hydrogen-bond donors (Lipinski definition) is 0. The van der Waals surface area contributed by atoms with Crippen molar-refractivity contribution in [3.8, 4) is 5.75 Å². The summed E-state index contributed by atoms with van der Waals surface area (Å²) in [4.78, 5) is 6.69. The lowest BCUT2D eigenvalue weighted by Gasteiger charge is -2.33. The van der Waals surface area contributed by atoms with Gasteiger partial charge in [0, 0.05) is 45.1 Å². The van der Waals surface area contributed by atoms with Gasteiger partial charge < -0.3 is 4.74 Å². The second kappa shape index (κ2) is 7.95. The van der Waals surface area contributed by atoms with Crippen molar-refractivity contribution < 1.29 is 13.2 Å². The highest BCUT2D eigenvalue weighted by molar-refractivity contribution is 7.89. The standard InChI is InChI=1S/C18H23N3O3S/c1-2-24-17-5-7-18(8-6-17)25(22,23)21-12-10-20(11-13-21)15-16-4-3-9-19-14-16/h3-9,14H,2,10-13,15H2,1H3. The molecule has 3 rings (SSSR count). The van der Waals surface area contributed by atoms with E-state index in [0.717, 1.165) is 12.1 Å². The largest absolute Gasteiger partial charge is 0.494 e. The van der Waals surface area contributed by atoms with Crippen LogP contribution in [0.2, 0.25) is 0 Å². The first-order chi connectivity index (χ1) is 12.1. The first-order valence-corrected chi connectivity index (χ1v) is 9.88. The van der Waals surface area contributed by atoms with Gasteiger partial charge in [-0.25, -0.2) is 8.42 Å². The smallest absolute Gasteiger partial charge is 0.243 e. The van der Waals surface area contributed by atoms with Crippen molar-refractivity contribution in [3.05, 3.63) is 54.4 Å². The molecule has 1 aliphatic heterocycles. The molecule has 1 saturated heterocycles. The van der Waals surface area contributed by atoms with Crippen LogP contribution in [-0.4, -0.2) is 55.4 Å². The van der Waals surface area contributed by atoms with E-state index in [2.05, 4.69) is 9.88 Å². The number of sulfonamides is 1. The maximum Gasteiger partial charge on any atom is 0.243 e. The highest BCUT2D eigenvalue weighted by atomic mass is 32.2. The Hall–Kier alpha value is -1.96. The first-order valence-electron chi connectivity index (χ1n) is 8.44. The number of aromatic nitrogens is 1. The van der Waals surface area contributed by atoms with Crippen molar-refractivity contribution >= 4 is 10.0 Å². The molecule has 134 valence electrons. The molecule has 0 N–H and O–H groups in total. The van der Waals surface area contributed by atoms with Gasteiger partial charge in [-0.3, -0.25) is 9.88 Å². The van der Waals surface area contributed by atoms with Gasteiger partial charge in [0.2, 0.25) is 10.0 Å². The molecule has 6 nitrogen and oxygen atoms in total. The molecule has 0 bridgehead atoms. The van der Waals surface area contributed by atoms with Gasteiger partial charge in [-0.1, -0.05) is 6.07 Å². The zero-order chi connectivity index (χ0) is 17.7. The Morgan fingerprint density at radius 2 is 1.80 bits per heavy atom. The molecular formula is C18H23N3O3S. The van der Waals surface area contributed by atoms with Gasteiger partial charge in [0.15, 0.2) is 0 Å². The molecule has 25 heavy (non-hydrogen) atoms. The van der Waals surface area contributed by atoms with Crippen LogP contribution in [0, 0.1) is 0 Å². The summed E-state index contributed by atoms with van der Waals surface area (Å²) < 4.78 is 32.5. The number of rotatable bonds is 6. The fraction of sp³-hybridized carbons (Fsp3) is 0.389. The minimum Gasteiger partial charge on any atom is -0.494 e. The van der Waals surface area contributed by atoms with E-state index in [1.54, 1.807) is 34.8 Å². The van der Waals surface area contributed by atoms with Gasteiger partial charge in [0.05, 0.1) is 11.5 Å². The van der Waals surface area contributed by atoms with Gasteiger partial charge in [0.1, 0.15) is 5.75 Å². The van der Waals surface area contributed by atoms with Crippen LogP contribution in [0.5, 0.6) is 5.75 Å². The maximum absolute atomic E-state index is 12.8. The van der Waals surface area contributed by atoms with Crippen molar-refractivity contribution in [1.29, 1.82) is 0 Å². The van der Waals surface area contributed by atoms with E-state index in [1.807, 2.05) is 25.3 Å². The van der Waals surface area contributed by atoms with Gasteiger partial charge >= 0.3 is 0 Å². The minimum absolute atomic E-state index is 0.316. The lowest BCUT2D eigenvalue weighted by molar-refractivity contribution is 0.181. The predicted molar refractivity (Wildman–Crippen MR) is 95.9 cm³/mol. The van der Waals surface area contributed by atoms with Gasteiger partial charge in [-0.05, 0) is 42.8 Å². The van der Waals surface area contributed by atoms with Crippen molar-refractivity contribution in [2.24, 2.45) is 0 Å². The Bertz CT molecular complexity index is 771. The predicted octanol–water partition coefficient (Wildman–Crippen LogP) is 1.99. The topological polar surface area (TPSA) is 62.7 Å². The summed E-state index contributed by atoms with van der Waals surface area (Å²) in [5.74, 6) is 0.683. The van der Waals surface area contributed by atoms with Crippen molar-refractivity contribution in [1.82, 2.24) is 14.2 Å². The van der Waals surface area contributed by atoms with E-state index in [1.165, 1.54) is 0 Å². The Morgan fingerprint density at radius 1 is 1.08 bits per heavy atom. The summed E-state index contributed by atoms with van der Waals surface area (Å²) in [5, 5.41) is 0. The first kappa shape index (κ1) is 17.8. The molecule has 1 aromatic carbocycles. The van der Waals surface area contributed by atoms with Crippen molar-refractivity contribution in [2.45, 2.75) is 18.4 Å². The van der Waals surface area contributed by atoms with Crippen molar-refractivity contribution in [3.63, 3.8) is 0 Å². The molecule has 1 aromatic heterocycles. The molecule has 0 aliphatic carbocycles. The summed E-state index contributed by atoms with van der Waals surface area (Å²) in [5.41, 5.74) is 1.14. The molecule has 0 radical (unpaired) electrons. The van der Waals surface area contributed by atoms with Gasteiger partial charge in [0.25, 0.3) is 0 Å². The third-order valence-electron chi connectivity index (χ3n) is 4.23. The van der Waals surface area contributed by atoms with Crippen LogP contribution >= 0.6 is 0 Å².